The van der Waals surface area contributed by atoms with Crippen LogP contribution in [0.3, 0.4) is 0 Å². The summed E-state index contributed by atoms with van der Waals surface area (Å²) in [7, 11) is -3.48. The number of sulfonamides is 1. The Morgan fingerprint density at radius 2 is 2.10 bits per heavy atom. The van der Waals surface area contributed by atoms with Crippen LogP contribution in [0.1, 0.15) is 24.2 Å². The summed E-state index contributed by atoms with van der Waals surface area (Å²) in [6, 6.07) is 2.59. The Labute approximate surface area is 117 Å². The van der Waals surface area contributed by atoms with Gasteiger partial charge in [-0.25, -0.2) is 17.9 Å². The van der Waals surface area contributed by atoms with Crippen LogP contribution < -0.4 is 10.3 Å². The van der Waals surface area contributed by atoms with E-state index in [-0.39, 0.29) is 23.8 Å². The van der Waals surface area contributed by atoms with E-state index in [4.69, 9.17) is 5.11 Å². The van der Waals surface area contributed by atoms with Crippen LogP contribution >= 0.6 is 0 Å². The van der Waals surface area contributed by atoms with E-state index in [1.807, 2.05) is 13.8 Å². The molecular weight excluding hydrogens is 284 g/mol. The van der Waals surface area contributed by atoms with Gasteiger partial charge in [-0.15, -0.1) is 0 Å². The summed E-state index contributed by atoms with van der Waals surface area (Å²) in [6.45, 7) is 3.99. The summed E-state index contributed by atoms with van der Waals surface area (Å²) >= 11 is 0. The van der Waals surface area contributed by atoms with Gasteiger partial charge >= 0.3 is 5.97 Å². The van der Waals surface area contributed by atoms with Gasteiger partial charge in [0.25, 0.3) is 5.56 Å². The first kappa shape index (κ1) is 16.4. The van der Waals surface area contributed by atoms with Crippen LogP contribution in [0.5, 0.6) is 0 Å². The molecule has 0 bridgehead atoms. The molecule has 2 N–H and O–H groups in total. The number of pyridine rings is 1. The van der Waals surface area contributed by atoms with Crippen molar-refractivity contribution in [1.82, 2.24) is 9.29 Å². The van der Waals surface area contributed by atoms with Crippen molar-refractivity contribution >= 4 is 16.0 Å². The van der Waals surface area contributed by atoms with Crippen molar-refractivity contribution in [1.29, 1.82) is 0 Å². The average molecular weight is 302 g/mol. The number of hydrogen-bond acceptors (Lipinski definition) is 4. The molecule has 20 heavy (non-hydrogen) atoms. The number of aryl methyl sites for hydroxylation is 1. The predicted octanol–water partition coefficient (Wildman–Crippen LogP) is 0.122. The van der Waals surface area contributed by atoms with Gasteiger partial charge in [-0.2, -0.15) is 0 Å². The lowest BCUT2D eigenvalue weighted by molar-refractivity contribution is 0.0694. The smallest absolute Gasteiger partial charge is 0.341 e. The fraction of sp³-hybridized carbons (Fsp3) is 0.500. The predicted molar refractivity (Wildman–Crippen MR) is 74.3 cm³/mol. The molecule has 0 saturated heterocycles. The summed E-state index contributed by atoms with van der Waals surface area (Å²) < 4.78 is 26.9. The second-order valence-electron chi connectivity index (χ2n) is 4.79. The lowest BCUT2D eigenvalue weighted by Crippen LogP contribution is -2.34. The molecule has 0 radical (unpaired) electrons. The number of nitrogens with zero attached hydrogens (tertiary/aromatic N) is 1. The van der Waals surface area contributed by atoms with Crippen LogP contribution in [0.4, 0.5) is 0 Å². The third-order valence-corrected chi connectivity index (χ3v) is 3.89. The van der Waals surface area contributed by atoms with Crippen molar-refractivity contribution in [3.8, 4) is 0 Å². The zero-order valence-corrected chi connectivity index (χ0v) is 12.2. The summed E-state index contributed by atoms with van der Waals surface area (Å²) in [6.07, 6.45) is 1.37. The van der Waals surface area contributed by atoms with Crippen molar-refractivity contribution in [3.63, 3.8) is 0 Å². The molecule has 112 valence electrons. The number of nitrogens with one attached hydrogen (secondary N) is 1. The van der Waals surface area contributed by atoms with Crippen molar-refractivity contribution in [2.45, 2.75) is 20.4 Å². The Bertz CT molecular complexity index is 633. The largest absolute Gasteiger partial charge is 0.477 e. The standard InChI is InChI=1S/C12H18N2O5S/c1-9(2)8-13-20(18,19)7-6-14-5-3-4-10(11(14)15)12(16)17/h3-5,9,13H,6-8H2,1-2H3,(H,16,17). The second-order valence-corrected chi connectivity index (χ2v) is 6.71. The minimum atomic E-state index is -3.48. The van der Waals surface area contributed by atoms with E-state index in [0.717, 1.165) is 4.57 Å². The minimum Gasteiger partial charge on any atom is -0.477 e. The molecule has 0 aliphatic carbocycles. The van der Waals surface area contributed by atoms with Crippen LogP contribution in [0, 0.1) is 5.92 Å². The molecule has 1 rings (SSSR count). The molecule has 0 aliphatic heterocycles. The molecular formula is C12H18N2O5S. The van der Waals surface area contributed by atoms with Gasteiger partial charge in [0, 0.05) is 19.3 Å². The van der Waals surface area contributed by atoms with Gasteiger partial charge in [-0.05, 0) is 18.1 Å². The Hall–Kier alpha value is -1.67. The molecule has 1 aromatic heterocycles. The Morgan fingerprint density at radius 1 is 1.45 bits per heavy atom. The average Bonchev–Trinajstić information content (AvgIpc) is 2.35. The maximum atomic E-state index is 11.8. The van der Waals surface area contributed by atoms with Crippen molar-refractivity contribution < 1.29 is 18.3 Å². The fourth-order valence-electron chi connectivity index (χ4n) is 1.46. The number of aromatic carboxylic acids is 1. The van der Waals surface area contributed by atoms with Crippen molar-refractivity contribution in [3.05, 3.63) is 34.2 Å². The van der Waals surface area contributed by atoms with E-state index in [1.165, 1.54) is 18.3 Å². The molecule has 1 aromatic rings. The molecule has 0 unspecified atom stereocenters. The SMILES string of the molecule is CC(C)CNS(=O)(=O)CCn1cccc(C(=O)O)c1=O. The van der Waals surface area contributed by atoms with Gasteiger partial charge in [0.1, 0.15) is 5.56 Å². The zero-order valence-electron chi connectivity index (χ0n) is 11.4. The van der Waals surface area contributed by atoms with Crippen LogP contribution in [-0.4, -0.2) is 36.4 Å². The first-order chi connectivity index (χ1) is 9.23. The van der Waals surface area contributed by atoms with E-state index < -0.39 is 21.6 Å². The fourth-order valence-corrected chi connectivity index (χ4v) is 2.63. The third-order valence-electron chi connectivity index (χ3n) is 2.56. The van der Waals surface area contributed by atoms with Gasteiger partial charge in [-0.1, -0.05) is 13.8 Å². The van der Waals surface area contributed by atoms with Gasteiger partial charge in [0.05, 0.1) is 5.75 Å². The topological polar surface area (TPSA) is 105 Å². The highest BCUT2D eigenvalue weighted by molar-refractivity contribution is 7.89. The highest BCUT2D eigenvalue weighted by Crippen LogP contribution is 1.95. The molecule has 0 atom stereocenters. The van der Waals surface area contributed by atoms with Crippen LogP contribution in [0.2, 0.25) is 0 Å². The molecule has 7 nitrogen and oxygen atoms in total. The van der Waals surface area contributed by atoms with Gasteiger partial charge in [0.2, 0.25) is 10.0 Å². The molecule has 0 spiro atoms. The molecule has 0 aliphatic rings. The number of carboxylic acid groups (broad SMARTS) is 1. The van der Waals surface area contributed by atoms with Gasteiger partial charge < -0.3 is 9.67 Å². The minimum absolute atomic E-state index is 0.0899. The third kappa shape index (κ3) is 4.78. The number of rotatable bonds is 7. The number of hydrogen-bond donors (Lipinski definition) is 2. The zero-order chi connectivity index (χ0) is 15.3. The molecule has 8 heteroatoms. The summed E-state index contributed by atoms with van der Waals surface area (Å²) in [5, 5.41) is 8.82. The molecule has 0 amide bonds. The Morgan fingerprint density at radius 3 is 2.65 bits per heavy atom. The lowest BCUT2D eigenvalue weighted by Gasteiger charge is -2.10. The van der Waals surface area contributed by atoms with Gasteiger partial charge in [0.15, 0.2) is 0 Å². The van der Waals surface area contributed by atoms with Gasteiger partial charge in [-0.3, -0.25) is 4.79 Å². The molecule has 1 heterocycles. The number of aromatic nitrogens is 1. The van der Waals surface area contributed by atoms with Crippen LogP contribution in [0.25, 0.3) is 0 Å². The Kier molecular flexibility index (Phi) is 5.46. The lowest BCUT2D eigenvalue weighted by atomic mass is 10.2. The first-order valence-corrected chi connectivity index (χ1v) is 7.78. The number of carboxylic acids is 1. The maximum Gasteiger partial charge on any atom is 0.341 e. The summed E-state index contributed by atoms with van der Waals surface area (Å²) in [4.78, 5) is 22.6. The van der Waals surface area contributed by atoms with Crippen LogP contribution in [-0.2, 0) is 16.6 Å². The molecule has 0 saturated carbocycles. The maximum absolute atomic E-state index is 11.8. The van der Waals surface area contributed by atoms with Crippen molar-refractivity contribution in [2.24, 2.45) is 5.92 Å². The van der Waals surface area contributed by atoms with E-state index in [2.05, 4.69) is 4.72 Å². The molecule has 0 fully saturated rings. The van der Waals surface area contributed by atoms with E-state index in [9.17, 15) is 18.0 Å². The highest BCUT2D eigenvalue weighted by atomic mass is 32.2. The Balaban J connectivity index is 2.78. The molecule has 0 aromatic carbocycles. The second kappa shape index (κ2) is 6.67. The highest BCUT2D eigenvalue weighted by Gasteiger charge is 2.14. The van der Waals surface area contributed by atoms with Crippen molar-refractivity contribution in [2.75, 3.05) is 12.3 Å². The van der Waals surface area contributed by atoms with E-state index >= 15 is 0 Å². The van der Waals surface area contributed by atoms with Crippen LogP contribution in [0.15, 0.2) is 23.1 Å². The quantitative estimate of drug-likeness (QED) is 0.744. The number of carbonyl (C=O) groups is 1. The summed E-state index contributed by atoms with van der Waals surface area (Å²) in [5.41, 5.74) is -1.08. The summed E-state index contributed by atoms with van der Waals surface area (Å²) in [5.74, 6) is -1.42. The first-order valence-electron chi connectivity index (χ1n) is 6.13. The van der Waals surface area contributed by atoms with E-state index in [1.54, 1.807) is 0 Å². The van der Waals surface area contributed by atoms with E-state index in [0.29, 0.717) is 6.54 Å². The normalized spacial score (nSPS) is 11.8. The monoisotopic (exact) mass is 302 g/mol.